The van der Waals surface area contributed by atoms with Gasteiger partial charge in [0.25, 0.3) is 0 Å². The predicted octanol–water partition coefficient (Wildman–Crippen LogP) is 2.99. The third-order valence-corrected chi connectivity index (χ3v) is 2.31. The second kappa shape index (κ2) is 6.20. The molecule has 1 rings (SSSR count). The Morgan fingerprint density at radius 2 is 2.29 bits per heavy atom. The Labute approximate surface area is 104 Å². The average Bonchev–Trinajstić information content (AvgIpc) is 2.36. The summed E-state index contributed by atoms with van der Waals surface area (Å²) in [6.45, 7) is 1.82. The maximum Gasteiger partial charge on any atom is 0.337 e. The first-order valence-electron chi connectivity index (χ1n) is 4.95. The zero-order valence-electron chi connectivity index (χ0n) is 9.46. The van der Waals surface area contributed by atoms with Crippen molar-refractivity contribution in [2.24, 2.45) is 4.51 Å². The minimum absolute atomic E-state index is 0.133. The van der Waals surface area contributed by atoms with Gasteiger partial charge in [-0.15, -0.1) is 0 Å². The Bertz CT molecular complexity index is 449. The van der Waals surface area contributed by atoms with Crippen molar-refractivity contribution in [1.82, 2.24) is 0 Å². The van der Waals surface area contributed by atoms with Crippen LogP contribution in [0.15, 0.2) is 22.7 Å². The zero-order chi connectivity index (χ0) is 12.8. The van der Waals surface area contributed by atoms with Crippen molar-refractivity contribution in [3.63, 3.8) is 0 Å². The van der Waals surface area contributed by atoms with Crippen molar-refractivity contribution in [2.45, 2.75) is 13.3 Å². The van der Waals surface area contributed by atoms with Crippen LogP contribution in [0.1, 0.15) is 23.7 Å². The molecule has 0 amide bonds. The molecule has 0 aliphatic carbocycles. The van der Waals surface area contributed by atoms with E-state index in [9.17, 15) is 9.18 Å². The second-order valence-electron chi connectivity index (χ2n) is 3.20. The highest BCUT2D eigenvalue weighted by atomic mass is 35.5. The number of carbonyl (C=O) groups excluding carboxylic acids is 1. The van der Waals surface area contributed by atoms with E-state index < -0.39 is 11.8 Å². The Morgan fingerprint density at radius 1 is 1.59 bits per heavy atom. The fourth-order valence-electron chi connectivity index (χ4n) is 1.19. The van der Waals surface area contributed by atoms with E-state index >= 15 is 0 Å². The van der Waals surface area contributed by atoms with Gasteiger partial charge < -0.3 is 10.1 Å². The summed E-state index contributed by atoms with van der Waals surface area (Å²) in [5.74, 6) is -0.620. The van der Waals surface area contributed by atoms with E-state index in [1.54, 1.807) is 0 Å². The highest BCUT2D eigenvalue weighted by Gasteiger charge is 2.10. The van der Waals surface area contributed by atoms with E-state index in [0.29, 0.717) is 12.3 Å². The van der Waals surface area contributed by atoms with E-state index in [4.69, 9.17) is 11.8 Å². The summed E-state index contributed by atoms with van der Waals surface area (Å²) in [4.78, 5) is 11.3. The van der Waals surface area contributed by atoms with Crippen molar-refractivity contribution >= 4 is 29.3 Å². The molecule has 0 saturated heterocycles. The maximum absolute atomic E-state index is 13.5. The Morgan fingerprint density at radius 3 is 2.82 bits per heavy atom. The van der Waals surface area contributed by atoms with Crippen molar-refractivity contribution in [3.05, 3.63) is 29.6 Å². The fraction of sp³-hybridized carbons (Fsp3) is 0.273. The van der Waals surface area contributed by atoms with E-state index in [2.05, 4.69) is 14.6 Å². The van der Waals surface area contributed by atoms with Crippen molar-refractivity contribution in [3.8, 4) is 0 Å². The normalized spacial score (nSPS) is 11.2. The summed E-state index contributed by atoms with van der Waals surface area (Å²) in [7, 11) is 1.26. The molecular weight excluding hydrogens is 247 g/mol. The number of hydrogen-bond acceptors (Lipinski definition) is 3. The number of esters is 1. The molecule has 0 saturated carbocycles. The summed E-state index contributed by atoms with van der Waals surface area (Å²) in [5, 5.41) is 2.70. The molecule has 0 spiro atoms. The fourth-order valence-corrected chi connectivity index (χ4v) is 1.35. The van der Waals surface area contributed by atoms with Gasteiger partial charge in [-0.05, 0) is 18.2 Å². The quantitative estimate of drug-likeness (QED) is 0.515. The van der Waals surface area contributed by atoms with Crippen LogP contribution in [0.2, 0.25) is 0 Å². The molecule has 0 aromatic heterocycles. The molecule has 6 heteroatoms. The molecule has 0 heterocycles. The molecule has 0 atom stereocenters. The molecule has 1 aromatic carbocycles. The number of methoxy groups -OCH3 is 1. The van der Waals surface area contributed by atoms with Gasteiger partial charge in [0.2, 0.25) is 0 Å². The number of ether oxygens (including phenoxy) is 1. The first-order valence-corrected chi connectivity index (χ1v) is 5.28. The molecule has 0 aliphatic heterocycles. The number of anilines is 1. The number of amidine groups is 1. The Kier molecular flexibility index (Phi) is 4.90. The first kappa shape index (κ1) is 13.4. The second-order valence-corrected chi connectivity index (χ2v) is 3.37. The molecule has 0 bridgehead atoms. The maximum atomic E-state index is 13.5. The molecule has 0 unspecified atom stereocenters. The summed E-state index contributed by atoms with van der Waals surface area (Å²) in [5.41, 5.74) is 0.385. The molecule has 17 heavy (non-hydrogen) atoms. The van der Waals surface area contributed by atoms with Crippen molar-refractivity contribution < 1.29 is 13.9 Å². The van der Waals surface area contributed by atoms with E-state index in [1.165, 1.54) is 25.3 Å². The highest BCUT2D eigenvalue weighted by Crippen LogP contribution is 2.17. The Balaban J connectivity index is 3.02. The van der Waals surface area contributed by atoms with Crippen molar-refractivity contribution in [2.75, 3.05) is 12.4 Å². The largest absolute Gasteiger partial charge is 0.465 e. The lowest BCUT2D eigenvalue weighted by atomic mass is 10.2. The van der Waals surface area contributed by atoms with Gasteiger partial charge >= 0.3 is 5.97 Å². The number of halogens is 2. The van der Waals surface area contributed by atoms with Crippen LogP contribution in [0.3, 0.4) is 0 Å². The van der Waals surface area contributed by atoms with Crippen LogP contribution in [0.25, 0.3) is 0 Å². The molecule has 92 valence electrons. The summed E-state index contributed by atoms with van der Waals surface area (Å²) < 4.78 is 21.4. The first-order chi connectivity index (χ1) is 8.12. The van der Waals surface area contributed by atoms with Crippen molar-refractivity contribution in [1.29, 1.82) is 0 Å². The summed E-state index contributed by atoms with van der Waals surface area (Å²) in [6.07, 6.45) is 0.519. The lowest BCUT2D eigenvalue weighted by Gasteiger charge is -2.09. The van der Waals surface area contributed by atoms with Crippen LogP contribution >= 0.6 is 11.8 Å². The number of nitrogens with zero attached hydrogens (tertiary/aromatic N) is 1. The van der Waals surface area contributed by atoms with E-state index in [1.807, 2.05) is 6.92 Å². The van der Waals surface area contributed by atoms with Crippen LogP contribution in [0.4, 0.5) is 10.1 Å². The predicted molar refractivity (Wildman–Crippen MR) is 64.9 cm³/mol. The van der Waals surface area contributed by atoms with Gasteiger partial charge in [0, 0.05) is 18.2 Å². The summed E-state index contributed by atoms with van der Waals surface area (Å²) >= 11 is 5.31. The van der Waals surface area contributed by atoms with Gasteiger partial charge in [0.15, 0.2) is 0 Å². The van der Waals surface area contributed by atoms with E-state index in [-0.39, 0.29) is 11.3 Å². The molecule has 1 aromatic rings. The average molecular weight is 259 g/mol. The minimum atomic E-state index is -0.533. The number of hydrogen-bond donors (Lipinski definition) is 1. The SMILES string of the molecule is CCC(=NCl)Nc1cc(C(=O)OC)ccc1F. The van der Waals surface area contributed by atoms with E-state index in [0.717, 1.165) is 0 Å². The lowest BCUT2D eigenvalue weighted by molar-refractivity contribution is 0.0601. The molecule has 1 N–H and O–H groups in total. The number of benzene rings is 1. The summed E-state index contributed by atoms with van der Waals surface area (Å²) in [6, 6.07) is 3.87. The Hall–Kier alpha value is -1.62. The van der Waals surface area contributed by atoms with Crippen LogP contribution in [0.5, 0.6) is 0 Å². The van der Waals surface area contributed by atoms with Gasteiger partial charge in [-0.3, -0.25) is 0 Å². The molecular formula is C11H12ClFN2O2. The third-order valence-electron chi connectivity index (χ3n) is 2.10. The van der Waals surface area contributed by atoms with Crippen LogP contribution in [-0.2, 0) is 4.74 Å². The molecule has 0 aliphatic rings. The van der Waals surface area contributed by atoms with Gasteiger partial charge in [-0.25, -0.2) is 9.18 Å². The highest BCUT2D eigenvalue weighted by molar-refractivity contribution is 6.21. The van der Waals surface area contributed by atoms with Gasteiger partial charge in [-0.1, -0.05) is 6.92 Å². The standard InChI is InChI=1S/C11H12ClFN2O2/c1-3-10(15-12)14-9-6-7(11(16)17-2)4-5-8(9)13/h4-6H,3H2,1-2H3,(H,14,15). The minimum Gasteiger partial charge on any atom is -0.465 e. The smallest absolute Gasteiger partial charge is 0.337 e. The van der Waals surface area contributed by atoms with Crippen LogP contribution < -0.4 is 5.32 Å². The van der Waals surface area contributed by atoms with Crippen LogP contribution in [-0.4, -0.2) is 18.9 Å². The molecule has 0 fully saturated rings. The molecule has 4 nitrogen and oxygen atoms in total. The number of rotatable bonds is 3. The lowest BCUT2D eigenvalue weighted by Crippen LogP contribution is -2.12. The number of nitrogens with one attached hydrogen (secondary N) is 1. The van der Waals surface area contributed by atoms with Crippen LogP contribution in [0, 0.1) is 5.82 Å². The number of carbonyl (C=O) groups is 1. The third kappa shape index (κ3) is 3.42. The van der Waals surface area contributed by atoms with Gasteiger partial charge in [-0.2, -0.15) is 4.51 Å². The van der Waals surface area contributed by atoms with Gasteiger partial charge in [0.1, 0.15) is 11.7 Å². The molecule has 0 radical (unpaired) electrons. The monoisotopic (exact) mass is 258 g/mol. The zero-order valence-corrected chi connectivity index (χ0v) is 10.2. The van der Waals surface area contributed by atoms with Gasteiger partial charge in [0.05, 0.1) is 18.4 Å². The topological polar surface area (TPSA) is 50.7 Å².